The highest BCUT2D eigenvalue weighted by Gasteiger charge is 2.28. The molecule has 6 aromatic rings. The summed E-state index contributed by atoms with van der Waals surface area (Å²) in [7, 11) is 0. The molecule has 200 valence electrons. The van der Waals surface area contributed by atoms with Crippen LogP contribution in [0.15, 0.2) is 134 Å². The smallest absolute Gasteiger partial charge is 0.196 e. The van der Waals surface area contributed by atoms with E-state index in [1.165, 1.54) is 0 Å². The molecule has 4 heterocycles. The van der Waals surface area contributed by atoms with Gasteiger partial charge >= 0.3 is 0 Å². The van der Waals surface area contributed by atoms with Crippen LogP contribution >= 0.6 is 0 Å². The maximum absolute atomic E-state index is 13.5. The molecule has 0 spiro atoms. The number of ketones is 1. The van der Waals surface area contributed by atoms with E-state index in [4.69, 9.17) is 19.4 Å². The molecule has 0 unspecified atom stereocenters. The zero-order valence-corrected chi connectivity index (χ0v) is 22.2. The second-order valence-electron chi connectivity index (χ2n) is 9.89. The van der Waals surface area contributed by atoms with Crippen molar-refractivity contribution in [2.45, 2.75) is 0 Å². The summed E-state index contributed by atoms with van der Waals surface area (Å²) in [4.78, 5) is 26.9. The Morgan fingerprint density at radius 2 is 0.786 bits per heavy atom. The lowest BCUT2D eigenvalue weighted by Gasteiger charge is -2.32. The number of aromatic nitrogens is 2. The van der Waals surface area contributed by atoms with Crippen molar-refractivity contribution in [1.29, 1.82) is 0 Å². The molecule has 0 N–H and O–H groups in total. The van der Waals surface area contributed by atoms with E-state index in [-0.39, 0.29) is 5.78 Å². The molecule has 0 aliphatic carbocycles. The minimum absolute atomic E-state index is 0.154. The highest BCUT2D eigenvalue weighted by atomic mass is 16.5. The number of carbonyl (C=O) groups excluding carboxylic acids is 1. The summed E-state index contributed by atoms with van der Waals surface area (Å²) in [5, 5.41) is 0. The van der Waals surface area contributed by atoms with Gasteiger partial charge in [-0.25, -0.2) is 9.97 Å². The van der Waals surface area contributed by atoms with E-state index < -0.39 is 0 Å². The Labute approximate surface area is 241 Å². The summed E-state index contributed by atoms with van der Waals surface area (Å²) in [6.07, 6.45) is 3.22. The Morgan fingerprint density at radius 1 is 0.452 bits per heavy atom. The number of anilines is 6. The van der Waals surface area contributed by atoms with Gasteiger partial charge in [0.2, 0.25) is 0 Å². The van der Waals surface area contributed by atoms with Crippen molar-refractivity contribution >= 4 is 40.2 Å². The van der Waals surface area contributed by atoms with Crippen LogP contribution in [-0.2, 0) is 0 Å². The SMILES string of the molecule is O=C(c1ccc(N2c3ccccc3Oc3ccccc32)nc1)c1ccc(N2c3ccccc3Oc3ccccc32)nc1. The lowest BCUT2D eigenvalue weighted by molar-refractivity contribution is 0.103. The van der Waals surface area contributed by atoms with Crippen LogP contribution in [0, 0.1) is 0 Å². The average molecular weight is 547 g/mol. The van der Waals surface area contributed by atoms with Crippen molar-refractivity contribution in [2.75, 3.05) is 9.80 Å². The maximum Gasteiger partial charge on any atom is 0.196 e. The van der Waals surface area contributed by atoms with Crippen LogP contribution in [0.4, 0.5) is 34.4 Å². The second kappa shape index (κ2) is 9.60. The first-order valence-corrected chi connectivity index (χ1v) is 13.5. The number of nitrogens with zero attached hydrogens (tertiary/aromatic N) is 4. The van der Waals surface area contributed by atoms with Crippen LogP contribution in [0.25, 0.3) is 0 Å². The summed E-state index contributed by atoms with van der Waals surface area (Å²) in [6, 6.07) is 38.6. The van der Waals surface area contributed by atoms with Gasteiger partial charge in [0.1, 0.15) is 11.6 Å². The average Bonchev–Trinajstić information content (AvgIpc) is 3.06. The molecule has 0 saturated carbocycles. The zero-order chi connectivity index (χ0) is 28.0. The van der Waals surface area contributed by atoms with Crippen LogP contribution in [-0.4, -0.2) is 15.8 Å². The number of hydrogen-bond acceptors (Lipinski definition) is 7. The first-order chi connectivity index (χ1) is 20.7. The van der Waals surface area contributed by atoms with Gasteiger partial charge in [-0.15, -0.1) is 0 Å². The number of benzene rings is 4. The van der Waals surface area contributed by atoms with Gasteiger partial charge in [0, 0.05) is 23.5 Å². The predicted octanol–water partition coefficient (Wildman–Crippen LogP) is 8.86. The lowest BCUT2D eigenvalue weighted by Crippen LogP contribution is -2.17. The van der Waals surface area contributed by atoms with Gasteiger partial charge in [0.15, 0.2) is 28.8 Å². The van der Waals surface area contributed by atoms with E-state index in [0.29, 0.717) is 22.8 Å². The minimum Gasteiger partial charge on any atom is -0.453 e. The van der Waals surface area contributed by atoms with Crippen LogP contribution in [0.1, 0.15) is 15.9 Å². The van der Waals surface area contributed by atoms with Gasteiger partial charge in [-0.1, -0.05) is 48.5 Å². The highest BCUT2D eigenvalue weighted by Crippen LogP contribution is 2.50. The zero-order valence-electron chi connectivity index (χ0n) is 22.2. The Morgan fingerprint density at radius 3 is 1.10 bits per heavy atom. The van der Waals surface area contributed by atoms with Gasteiger partial charge in [-0.2, -0.15) is 0 Å². The molecular weight excluding hydrogens is 524 g/mol. The van der Waals surface area contributed by atoms with Crippen molar-refractivity contribution < 1.29 is 14.3 Å². The van der Waals surface area contributed by atoms with E-state index in [9.17, 15) is 4.79 Å². The summed E-state index contributed by atoms with van der Waals surface area (Å²) in [6.45, 7) is 0. The minimum atomic E-state index is -0.154. The summed E-state index contributed by atoms with van der Waals surface area (Å²) >= 11 is 0. The first-order valence-electron chi connectivity index (χ1n) is 13.5. The van der Waals surface area contributed by atoms with Gasteiger partial charge < -0.3 is 9.47 Å². The quantitative estimate of drug-likeness (QED) is 0.204. The molecular formula is C35H22N4O3. The fourth-order valence-corrected chi connectivity index (χ4v) is 5.37. The van der Waals surface area contributed by atoms with Gasteiger partial charge in [0.25, 0.3) is 0 Å². The number of ether oxygens (including phenoxy) is 2. The molecule has 4 aromatic carbocycles. The van der Waals surface area contributed by atoms with E-state index in [2.05, 4.69) is 0 Å². The molecule has 0 saturated heterocycles. The number of rotatable bonds is 4. The van der Waals surface area contributed by atoms with E-state index in [0.717, 1.165) is 45.7 Å². The van der Waals surface area contributed by atoms with Gasteiger partial charge in [-0.3, -0.25) is 14.6 Å². The van der Waals surface area contributed by atoms with Crippen molar-refractivity contribution in [1.82, 2.24) is 9.97 Å². The number of pyridine rings is 2. The Balaban J connectivity index is 1.10. The summed E-state index contributed by atoms with van der Waals surface area (Å²) < 4.78 is 12.2. The Bertz CT molecular complexity index is 1740. The van der Waals surface area contributed by atoms with Crippen LogP contribution < -0.4 is 19.3 Å². The van der Waals surface area contributed by atoms with Crippen molar-refractivity contribution in [3.05, 3.63) is 145 Å². The molecule has 2 aliphatic rings. The molecule has 0 radical (unpaired) electrons. The summed E-state index contributed by atoms with van der Waals surface area (Å²) in [5.41, 5.74) is 4.49. The topological polar surface area (TPSA) is 67.8 Å². The number of para-hydroxylation sites is 8. The summed E-state index contributed by atoms with van der Waals surface area (Å²) in [5.74, 6) is 4.20. The third-order valence-electron chi connectivity index (χ3n) is 7.34. The molecule has 0 atom stereocenters. The molecule has 2 aromatic heterocycles. The number of fused-ring (bicyclic) bond motifs is 4. The fourth-order valence-electron chi connectivity index (χ4n) is 5.37. The maximum atomic E-state index is 13.5. The standard InChI is InChI=1S/C35H22N4O3/c40-35(23-17-19-33(36-21-23)38-25-9-1-5-13-29(25)41-30-14-6-2-10-26(30)38)24-18-20-34(37-22-24)39-27-11-3-7-15-31(27)42-32-16-8-4-12-28(32)39/h1-22H. The number of hydrogen-bond donors (Lipinski definition) is 0. The normalized spacial score (nSPS) is 12.7. The largest absolute Gasteiger partial charge is 0.453 e. The van der Waals surface area contributed by atoms with E-state index >= 15 is 0 Å². The molecule has 0 fully saturated rings. The van der Waals surface area contributed by atoms with Crippen LogP contribution in [0.5, 0.6) is 23.0 Å². The number of carbonyl (C=O) groups is 1. The molecule has 7 nitrogen and oxygen atoms in total. The highest BCUT2D eigenvalue weighted by molar-refractivity contribution is 6.09. The van der Waals surface area contributed by atoms with Crippen molar-refractivity contribution in [3.8, 4) is 23.0 Å². The third-order valence-corrected chi connectivity index (χ3v) is 7.34. The van der Waals surface area contributed by atoms with Gasteiger partial charge in [0.05, 0.1) is 22.7 Å². The molecule has 0 bridgehead atoms. The van der Waals surface area contributed by atoms with Crippen molar-refractivity contribution in [3.63, 3.8) is 0 Å². The van der Waals surface area contributed by atoms with Crippen LogP contribution in [0.2, 0.25) is 0 Å². The Kier molecular flexibility index (Phi) is 5.46. The predicted molar refractivity (Wildman–Crippen MR) is 161 cm³/mol. The van der Waals surface area contributed by atoms with Gasteiger partial charge in [-0.05, 0) is 72.8 Å². The first kappa shape index (κ1) is 23.9. The van der Waals surface area contributed by atoms with E-state index in [1.54, 1.807) is 24.5 Å². The van der Waals surface area contributed by atoms with Crippen molar-refractivity contribution in [2.24, 2.45) is 0 Å². The Hall–Kier alpha value is -5.95. The lowest BCUT2D eigenvalue weighted by atomic mass is 10.1. The van der Waals surface area contributed by atoms with Crippen LogP contribution in [0.3, 0.4) is 0 Å². The molecule has 7 heteroatoms. The third kappa shape index (κ3) is 3.87. The molecule has 2 aliphatic heterocycles. The monoisotopic (exact) mass is 546 g/mol. The fraction of sp³-hybridized carbons (Fsp3) is 0. The second-order valence-corrected chi connectivity index (χ2v) is 9.89. The molecule has 42 heavy (non-hydrogen) atoms. The molecule has 0 amide bonds. The molecule has 8 rings (SSSR count). The van der Waals surface area contributed by atoms with E-state index in [1.807, 2.05) is 119 Å².